The molecule has 1 fully saturated rings. The highest BCUT2D eigenvalue weighted by atomic mass is 16.5. The first kappa shape index (κ1) is 14.8. The van der Waals surface area contributed by atoms with Crippen molar-refractivity contribution in [2.75, 3.05) is 19.7 Å². The molecule has 0 spiro atoms. The predicted molar refractivity (Wildman–Crippen MR) is 82.3 cm³/mol. The Morgan fingerprint density at radius 2 is 2.18 bits per heavy atom. The van der Waals surface area contributed by atoms with Gasteiger partial charge in [0.05, 0.1) is 24.8 Å². The Balaban J connectivity index is 1.64. The molecule has 1 aromatic carbocycles. The molecular weight excluding hydrogens is 280 g/mol. The van der Waals surface area contributed by atoms with Crippen molar-refractivity contribution in [1.82, 2.24) is 9.88 Å². The van der Waals surface area contributed by atoms with E-state index in [1.807, 2.05) is 35.2 Å². The van der Waals surface area contributed by atoms with Gasteiger partial charge in [-0.3, -0.25) is 4.79 Å². The van der Waals surface area contributed by atoms with Gasteiger partial charge in [0.2, 0.25) is 11.8 Å². The number of morpholine rings is 1. The summed E-state index contributed by atoms with van der Waals surface area (Å²) >= 11 is 0. The normalized spacial score (nSPS) is 18.4. The maximum absolute atomic E-state index is 12.4. The number of carbonyl (C=O) groups excluding carboxylic acids is 1. The molecule has 1 aliphatic rings. The summed E-state index contributed by atoms with van der Waals surface area (Å²) in [4.78, 5) is 18.6. The van der Waals surface area contributed by atoms with Gasteiger partial charge in [0.15, 0.2) is 0 Å². The van der Waals surface area contributed by atoms with Crippen molar-refractivity contribution in [3.8, 4) is 11.5 Å². The van der Waals surface area contributed by atoms with Crippen molar-refractivity contribution < 1.29 is 13.9 Å². The van der Waals surface area contributed by atoms with Crippen molar-refractivity contribution in [2.24, 2.45) is 0 Å². The molecule has 1 aliphatic heterocycles. The van der Waals surface area contributed by atoms with Crippen LogP contribution in [0.5, 0.6) is 0 Å². The summed E-state index contributed by atoms with van der Waals surface area (Å²) in [6.45, 7) is 4.00. The van der Waals surface area contributed by atoms with Gasteiger partial charge in [-0.05, 0) is 18.6 Å². The molecule has 3 rings (SSSR count). The molecule has 116 valence electrons. The number of oxazole rings is 1. The van der Waals surface area contributed by atoms with Gasteiger partial charge < -0.3 is 14.1 Å². The molecule has 1 amide bonds. The van der Waals surface area contributed by atoms with Crippen LogP contribution in [0, 0.1) is 0 Å². The number of amides is 1. The van der Waals surface area contributed by atoms with Crippen molar-refractivity contribution in [3.05, 3.63) is 42.3 Å². The summed E-state index contributed by atoms with van der Waals surface area (Å²) in [5.41, 5.74) is 1.59. The van der Waals surface area contributed by atoms with E-state index in [0.29, 0.717) is 31.3 Å². The Kier molecular flexibility index (Phi) is 4.53. The van der Waals surface area contributed by atoms with Gasteiger partial charge in [-0.25, -0.2) is 4.98 Å². The average Bonchev–Trinajstić information content (AvgIpc) is 3.04. The molecule has 0 aliphatic carbocycles. The van der Waals surface area contributed by atoms with E-state index in [0.717, 1.165) is 12.0 Å². The van der Waals surface area contributed by atoms with E-state index in [1.54, 1.807) is 6.26 Å². The van der Waals surface area contributed by atoms with E-state index < -0.39 is 0 Å². The minimum Gasteiger partial charge on any atom is -0.444 e. The molecule has 0 bridgehead atoms. The molecule has 0 radical (unpaired) electrons. The molecular formula is C17H20N2O3. The monoisotopic (exact) mass is 300 g/mol. The minimum atomic E-state index is 0.0784. The second kappa shape index (κ2) is 6.75. The lowest BCUT2D eigenvalue weighted by Gasteiger charge is -2.32. The number of carbonyl (C=O) groups is 1. The standard InChI is InChI=1S/C17H20N2O3/c1-2-15-11-19(8-9-21-15)16(20)10-14-12-22-17(18-14)13-6-4-3-5-7-13/h3-7,12,15H,2,8-11H2,1H3/t15-/m0/s1. The molecule has 0 unspecified atom stereocenters. The number of ether oxygens (including phenoxy) is 1. The van der Waals surface area contributed by atoms with Crippen LogP contribution in [0.1, 0.15) is 19.0 Å². The molecule has 0 N–H and O–H groups in total. The fourth-order valence-electron chi connectivity index (χ4n) is 2.56. The number of hydrogen-bond donors (Lipinski definition) is 0. The third-order valence-corrected chi connectivity index (χ3v) is 3.85. The number of rotatable bonds is 4. The highest BCUT2D eigenvalue weighted by Gasteiger charge is 2.23. The molecule has 5 nitrogen and oxygen atoms in total. The van der Waals surface area contributed by atoms with Crippen molar-refractivity contribution in [1.29, 1.82) is 0 Å². The molecule has 0 saturated carbocycles. The van der Waals surface area contributed by atoms with Crippen LogP contribution in [-0.4, -0.2) is 41.6 Å². The van der Waals surface area contributed by atoms with Gasteiger partial charge >= 0.3 is 0 Å². The Bertz CT molecular complexity index is 624. The van der Waals surface area contributed by atoms with Crippen LogP contribution in [0.25, 0.3) is 11.5 Å². The summed E-state index contributed by atoms with van der Waals surface area (Å²) in [5, 5.41) is 0. The number of aromatic nitrogens is 1. The van der Waals surface area contributed by atoms with Crippen molar-refractivity contribution >= 4 is 5.91 Å². The molecule has 1 aromatic heterocycles. The summed E-state index contributed by atoms with van der Waals surface area (Å²) in [6, 6.07) is 9.68. The summed E-state index contributed by atoms with van der Waals surface area (Å²) in [5.74, 6) is 0.631. The largest absolute Gasteiger partial charge is 0.444 e. The molecule has 1 saturated heterocycles. The fourth-order valence-corrected chi connectivity index (χ4v) is 2.56. The van der Waals surface area contributed by atoms with Gasteiger partial charge in [0.1, 0.15) is 6.26 Å². The van der Waals surface area contributed by atoms with Gasteiger partial charge in [-0.15, -0.1) is 0 Å². The van der Waals surface area contributed by atoms with Gasteiger partial charge in [-0.2, -0.15) is 0 Å². The second-order valence-corrected chi connectivity index (χ2v) is 5.43. The number of nitrogens with zero attached hydrogens (tertiary/aromatic N) is 2. The quantitative estimate of drug-likeness (QED) is 0.870. The Morgan fingerprint density at radius 1 is 1.36 bits per heavy atom. The Hall–Kier alpha value is -2.14. The van der Waals surface area contributed by atoms with Gasteiger partial charge in [-0.1, -0.05) is 25.1 Å². The highest BCUT2D eigenvalue weighted by Crippen LogP contribution is 2.18. The Labute approximate surface area is 129 Å². The second-order valence-electron chi connectivity index (χ2n) is 5.43. The number of hydrogen-bond acceptors (Lipinski definition) is 4. The lowest BCUT2D eigenvalue weighted by Crippen LogP contribution is -2.46. The molecule has 2 aromatic rings. The van der Waals surface area contributed by atoms with Crippen LogP contribution in [0.15, 0.2) is 41.0 Å². The molecule has 22 heavy (non-hydrogen) atoms. The zero-order valence-electron chi connectivity index (χ0n) is 12.7. The van der Waals surface area contributed by atoms with E-state index >= 15 is 0 Å². The fraction of sp³-hybridized carbons (Fsp3) is 0.412. The molecule has 2 heterocycles. The first-order valence-electron chi connectivity index (χ1n) is 7.65. The third kappa shape index (κ3) is 3.36. The highest BCUT2D eigenvalue weighted by molar-refractivity contribution is 5.78. The van der Waals surface area contributed by atoms with Crippen molar-refractivity contribution in [2.45, 2.75) is 25.9 Å². The third-order valence-electron chi connectivity index (χ3n) is 3.85. The topological polar surface area (TPSA) is 55.6 Å². The Morgan fingerprint density at radius 3 is 2.95 bits per heavy atom. The minimum absolute atomic E-state index is 0.0784. The average molecular weight is 300 g/mol. The van der Waals surface area contributed by atoms with Crippen LogP contribution in [0.2, 0.25) is 0 Å². The zero-order valence-corrected chi connectivity index (χ0v) is 12.7. The summed E-state index contributed by atoms with van der Waals surface area (Å²) < 4.78 is 11.1. The number of benzene rings is 1. The molecule has 1 atom stereocenters. The first-order valence-corrected chi connectivity index (χ1v) is 7.65. The van der Waals surface area contributed by atoms with E-state index in [2.05, 4.69) is 11.9 Å². The lowest BCUT2D eigenvalue weighted by molar-refractivity contribution is -0.138. The maximum atomic E-state index is 12.4. The van der Waals surface area contributed by atoms with Crippen LogP contribution in [-0.2, 0) is 16.0 Å². The van der Waals surface area contributed by atoms with Crippen LogP contribution >= 0.6 is 0 Å². The van der Waals surface area contributed by atoms with Crippen LogP contribution in [0.4, 0.5) is 0 Å². The van der Waals surface area contributed by atoms with Crippen LogP contribution in [0.3, 0.4) is 0 Å². The first-order chi connectivity index (χ1) is 10.8. The smallest absolute Gasteiger partial charge is 0.228 e. The van der Waals surface area contributed by atoms with E-state index in [9.17, 15) is 4.79 Å². The maximum Gasteiger partial charge on any atom is 0.228 e. The van der Waals surface area contributed by atoms with E-state index in [1.165, 1.54) is 0 Å². The molecule has 5 heteroatoms. The zero-order chi connectivity index (χ0) is 15.4. The predicted octanol–water partition coefficient (Wildman–Crippen LogP) is 2.52. The SMILES string of the molecule is CC[C@H]1CN(C(=O)Cc2coc(-c3ccccc3)n2)CCO1. The van der Waals surface area contributed by atoms with Crippen molar-refractivity contribution in [3.63, 3.8) is 0 Å². The van der Waals surface area contributed by atoms with Gasteiger partial charge in [0, 0.05) is 18.7 Å². The van der Waals surface area contributed by atoms with Gasteiger partial charge in [0.25, 0.3) is 0 Å². The van der Waals surface area contributed by atoms with Crippen LogP contribution < -0.4 is 0 Å². The summed E-state index contributed by atoms with van der Waals surface area (Å²) in [6.07, 6.45) is 2.91. The lowest BCUT2D eigenvalue weighted by atomic mass is 10.2. The van der Waals surface area contributed by atoms with E-state index in [-0.39, 0.29) is 18.4 Å². The van der Waals surface area contributed by atoms with E-state index in [4.69, 9.17) is 9.15 Å². The summed E-state index contributed by atoms with van der Waals surface area (Å²) in [7, 11) is 0.